The zero-order valence-corrected chi connectivity index (χ0v) is 18.9. The summed E-state index contributed by atoms with van der Waals surface area (Å²) in [6.07, 6.45) is 3.37. The van der Waals surface area contributed by atoms with Crippen molar-refractivity contribution in [1.29, 1.82) is 0 Å². The summed E-state index contributed by atoms with van der Waals surface area (Å²) in [6, 6.07) is 24.2. The summed E-state index contributed by atoms with van der Waals surface area (Å²) in [7, 11) is 0. The molecule has 0 aliphatic carbocycles. The molecule has 5 rings (SSSR count). The highest BCUT2D eigenvalue weighted by atomic mass is 35.5. The average Bonchev–Trinajstić information content (AvgIpc) is 3.45. The predicted molar refractivity (Wildman–Crippen MR) is 134 cm³/mol. The van der Waals surface area contributed by atoms with E-state index in [-0.39, 0.29) is 17.2 Å². The Kier molecular flexibility index (Phi) is 5.73. The van der Waals surface area contributed by atoms with Crippen LogP contribution in [-0.2, 0) is 4.79 Å². The number of furan rings is 1. The number of aromatic hydroxyl groups is 1. The van der Waals surface area contributed by atoms with Crippen LogP contribution in [-0.4, -0.2) is 22.1 Å². The zero-order chi connectivity index (χ0) is 24.5. The molecule has 6 nitrogen and oxygen atoms in total. The normalized spacial score (nSPS) is 14.4. The summed E-state index contributed by atoms with van der Waals surface area (Å²) in [5.74, 6) is -0.935. The van der Waals surface area contributed by atoms with E-state index >= 15 is 0 Å². The second-order valence-corrected chi connectivity index (χ2v) is 8.29. The number of benzene rings is 3. The maximum Gasteiger partial charge on any atom is 0.339 e. The molecule has 0 fully saturated rings. The van der Waals surface area contributed by atoms with Gasteiger partial charge in [0.1, 0.15) is 22.8 Å². The first kappa shape index (κ1) is 22.3. The summed E-state index contributed by atoms with van der Waals surface area (Å²) >= 11 is 6.08. The largest absolute Gasteiger partial charge is 0.507 e. The fourth-order valence-electron chi connectivity index (χ4n) is 3.91. The zero-order valence-electron chi connectivity index (χ0n) is 18.2. The lowest BCUT2D eigenvalue weighted by Crippen LogP contribution is -2.25. The standard InChI is InChI=1S/C28H18ClNO5/c29-20-8-4-7-18(13-20)26-12-10-22(35-26)14-19-15-24(17-5-2-1-3-6-17)30(27(19)32)21-9-11-25(31)23(16-21)28(33)34/h1-16,31H,(H,33,34). The summed E-state index contributed by atoms with van der Waals surface area (Å²) in [5, 5.41) is 19.9. The van der Waals surface area contributed by atoms with Crippen molar-refractivity contribution in [3.63, 3.8) is 0 Å². The number of hydrogen-bond donors (Lipinski definition) is 2. The molecule has 0 saturated carbocycles. The average molecular weight is 484 g/mol. The van der Waals surface area contributed by atoms with Crippen molar-refractivity contribution < 1.29 is 24.2 Å². The minimum atomic E-state index is -1.29. The molecule has 0 atom stereocenters. The number of carbonyl (C=O) groups is 2. The number of aromatic carboxylic acids is 1. The van der Waals surface area contributed by atoms with Crippen molar-refractivity contribution in [3.8, 4) is 17.1 Å². The maximum atomic E-state index is 13.5. The van der Waals surface area contributed by atoms with Crippen molar-refractivity contribution in [1.82, 2.24) is 0 Å². The van der Waals surface area contributed by atoms with E-state index in [1.54, 1.807) is 36.4 Å². The number of amides is 1. The molecule has 35 heavy (non-hydrogen) atoms. The van der Waals surface area contributed by atoms with Gasteiger partial charge in [0.15, 0.2) is 0 Å². The van der Waals surface area contributed by atoms with E-state index < -0.39 is 5.97 Å². The first-order valence-corrected chi connectivity index (χ1v) is 11.0. The van der Waals surface area contributed by atoms with Crippen LogP contribution < -0.4 is 4.90 Å². The molecule has 7 heteroatoms. The fourth-order valence-corrected chi connectivity index (χ4v) is 4.10. The minimum absolute atomic E-state index is 0.294. The van der Waals surface area contributed by atoms with Crippen molar-refractivity contribution in [3.05, 3.63) is 118 Å². The van der Waals surface area contributed by atoms with Crippen LogP contribution in [0.25, 0.3) is 23.1 Å². The lowest BCUT2D eigenvalue weighted by molar-refractivity contribution is -0.113. The molecule has 0 unspecified atom stereocenters. The number of phenols is 1. The molecule has 4 aromatic rings. The topological polar surface area (TPSA) is 91.0 Å². The number of halogens is 1. The van der Waals surface area contributed by atoms with Crippen LogP contribution in [0.3, 0.4) is 0 Å². The van der Waals surface area contributed by atoms with Gasteiger partial charge in [0.2, 0.25) is 0 Å². The maximum absolute atomic E-state index is 13.5. The summed E-state index contributed by atoms with van der Waals surface area (Å²) < 4.78 is 5.94. The number of carbonyl (C=O) groups excluding carboxylic acids is 1. The van der Waals surface area contributed by atoms with E-state index in [0.29, 0.717) is 33.5 Å². The first-order valence-electron chi connectivity index (χ1n) is 10.7. The second-order valence-electron chi connectivity index (χ2n) is 7.85. The van der Waals surface area contributed by atoms with Crippen LogP contribution in [0.15, 0.2) is 101 Å². The molecular formula is C28H18ClNO5. The second kappa shape index (κ2) is 9.00. The lowest BCUT2D eigenvalue weighted by atomic mass is 10.1. The van der Waals surface area contributed by atoms with E-state index in [0.717, 1.165) is 11.1 Å². The third kappa shape index (κ3) is 4.35. The summed E-state index contributed by atoms with van der Waals surface area (Å²) in [4.78, 5) is 26.5. The van der Waals surface area contributed by atoms with Gasteiger partial charge in [-0.25, -0.2) is 4.79 Å². The van der Waals surface area contributed by atoms with E-state index in [4.69, 9.17) is 16.0 Å². The van der Waals surface area contributed by atoms with Crippen molar-refractivity contribution >= 4 is 40.9 Å². The molecule has 1 amide bonds. The molecule has 0 saturated heterocycles. The number of rotatable bonds is 5. The number of carboxylic acid groups (broad SMARTS) is 1. The van der Waals surface area contributed by atoms with E-state index in [1.165, 1.54) is 23.1 Å². The van der Waals surface area contributed by atoms with Crippen LogP contribution in [0.5, 0.6) is 5.75 Å². The Balaban J connectivity index is 1.57. The van der Waals surface area contributed by atoms with E-state index in [2.05, 4.69) is 0 Å². The smallest absolute Gasteiger partial charge is 0.339 e. The number of nitrogens with zero attached hydrogens (tertiary/aromatic N) is 1. The fraction of sp³-hybridized carbons (Fsp3) is 0. The molecule has 2 heterocycles. The van der Waals surface area contributed by atoms with Gasteiger partial charge < -0.3 is 14.6 Å². The summed E-state index contributed by atoms with van der Waals surface area (Å²) in [5.41, 5.74) is 2.55. The van der Waals surface area contributed by atoms with Crippen LogP contribution in [0, 0.1) is 0 Å². The van der Waals surface area contributed by atoms with Gasteiger partial charge in [-0.3, -0.25) is 9.69 Å². The molecule has 0 bridgehead atoms. The predicted octanol–water partition coefficient (Wildman–Crippen LogP) is 6.48. The van der Waals surface area contributed by atoms with Gasteiger partial charge in [-0.05, 0) is 60.2 Å². The van der Waals surface area contributed by atoms with Gasteiger partial charge >= 0.3 is 5.97 Å². The molecule has 2 N–H and O–H groups in total. The highest BCUT2D eigenvalue weighted by molar-refractivity contribution is 6.30. The molecule has 0 spiro atoms. The Labute approximate surface area is 205 Å². The first-order chi connectivity index (χ1) is 16.9. The van der Waals surface area contributed by atoms with Crippen molar-refractivity contribution in [2.45, 2.75) is 0 Å². The van der Waals surface area contributed by atoms with Gasteiger partial charge in [-0.1, -0.05) is 54.1 Å². The van der Waals surface area contributed by atoms with Gasteiger partial charge in [0.25, 0.3) is 5.91 Å². The van der Waals surface area contributed by atoms with Crippen LogP contribution in [0.4, 0.5) is 5.69 Å². The SMILES string of the molecule is O=C(O)c1cc(N2C(=O)C(=Cc3ccc(-c4cccc(Cl)c4)o3)C=C2c2ccccc2)ccc1O. The Hall–Kier alpha value is -4.55. The van der Waals surface area contributed by atoms with Gasteiger partial charge in [0.05, 0.1) is 11.4 Å². The molecule has 3 aromatic carbocycles. The molecular weight excluding hydrogens is 466 g/mol. The Morgan fingerprint density at radius 3 is 2.43 bits per heavy atom. The number of hydrogen-bond acceptors (Lipinski definition) is 4. The van der Waals surface area contributed by atoms with Crippen LogP contribution in [0.2, 0.25) is 5.02 Å². The van der Waals surface area contributed by atoms with E-state index in [1.807, 2.05) is 42.5 Å². The molecule has 0 radical (unpaired) electrons. The monoisotopic (exact) mass is 483 g/mol. The minimum Gasteiger partial charge on any atom is -0.507 e. The quantitative estimate of drug-likeness (QED) is 0.317. The van der Waals surface area contributed by atoms with E-state index in [9.17, 15) is 19.8 Å². The molecule has 1 aliphatic heterocycles. The molecule has 172 valence electrons. The van der Waals surface area contributed by atoms with Crippen molar-refractivity contribution in [2.24, 2.45) is 0 Å². The van der Waals surface area contributed by atoms with Gasteiger partial charge in [0, 0.05) is 16.2 Å². The molecule has 1 aromatic heterocycles. The third-order valence-electron chi connectivity index (χ3n) is 5.56. The summed E-state index contributed by atoms with van der Waals surface area (Å²) in [6.45, 7) is 0. The Bertz CT molecular complexity index is 1520. The Morgan fingerprint density at radius 2 is 1.69 bits per heavy atom. The highest BCUT2D eigenvalue weighted by Crippen LogP contribution is 2.37. The third-order valence-corrected chi connectivity index (χ3v) is 5.79. The van der Waals surface area contributed by atoms with Crippen LogP contribution >= 0.6 is 11.6 Å². The van der Waals surface area contributed by atoms with Crippen molar-refractivity contribution in [2.75, 3.05) is 4.90 Å². The number of anilines is 1. The van der Waals surface area contributed by atoms with Crippen LogP contribution in [0.1, 0.15) is 21.7 Å². The van der Waals surface area contributed by atoms with Gasteiger partial charge in [-0.15, -0.1) is 0 Å². The van der Waals surface area contributed by atoms with Gasteiger partial charge in [-0.2, -0.15) is 0 Å². The molecule has 1 aliphatic rings. The lowest BCUT2D eigenvalue weighted by Gasteiger charge is -2.21. The highest BCUT2D eigenvalue weighted by Gasteiger charge is 2.31. The Morgan fingerprint density at radius 1 is 0.914 bits per heavy atom. The number of carboxylic acids is 1.